The number of rotatable bonds is 3. The van der Waals surface area contributed by atoms with Crippen molar-refractivity contribution in [1.29, 1.82) is 0 Å². The van der Waals surface area contributed by atoms with Gasteiger partial charge >= 0.3 is 0 Å². The van der Waals surface area contributed by atoms with E-state index in [0.717, 1.165) is 12.0 Å². The van der Waals surface area contributed by atoms with Crippen LogP contribution in [0.5, 0.6) is 5.75 Å². The van der Waals surface area contributed by atoms with Gasteiger partial charge in [0.15, 0.2) is 0 Å². The Kier molecular flexibility index (Phi) is 3.28. The van der Waals surface area contributed by atoms with Gasteiger partial charge in [-0.15, -0.1) is 10.2 Å². The number of amides is 1. The molecule has 0 radical (unpaired) electrons. The Morgan fingerprint density at radius 1 is 1.39 bits per heavy atom. The van der Waals surface area contributed by atoms with Gasteiger partial charge in [-0.1, -0.05) is 0 Å². The van der Waals surface area contributed by atoms with Gasteiger partial charge in [0.05, 0.1) is 13.2 Å². The molecule has 1 fully saturated rings. The van der Waals surface area contributed by atoms with Crippen LogP contribution in [0.2, 0.25) is 0 Å². The van der Waals surface area contributed by atoms with Gasteiger partial charge < -0.3 is 14.1 Å². The number of fused-ring (bicyclic) bond motifs is 1. The molecule has 0 spiro atoms. The second kappa shape index (κ2) is 5.33. The number of hydrogen-bond donors (Lipinski definition) is 0. The first-order valence-electron chi connectivity index (χ1n) is 7.62. The van der Waals surface area contributed by atoms with Crippen molar-refractivity contribution < 1.29 is 18.3 Å². The molecule has 6 nitrogen and oxygen atoms in total. The van der Waals surface area contributed by atoms with Gasteiger partial charge in [0.2, 0.25) is 17.7 Å². The highest BCUT2D eigenvalue weighted by molar-refractivity contribution is 5.79. The summed E-state index contributed by atoms with van der Waals surface area (Å²) in [6, 6.07) is 3.28. The van der Waals surface area contributed by atoms with E-state index in [-0.39, 0.29) is 24.2 Å². The largest absolute Gasteiger partial charge is 0.493 e. The SMILES string of the molecule is Cc1nnc(CN2C[C@@H](c3cc4c(cc3F)OCC4)CC2=O)o1. The van der Waals surface area contributed by atoms with Crippen LogP contribution in [-0.2, 0) is 17.8 Å². The summed E-state index contributed by atoms with van der Waals surface area (Å²) in [4.78, 5) is 13.8. The summed E-state index contributed by atoms with van der Waals surface area (Å²) < 4.78 is 25.0. The van der Waals surface area contributed by atoms with E-state index in [2.05, 4.69) is 10.2 Å². The minimum absolute atomic E-state index is 0.0259. The van der Waals surface area contributed by atoms with Gasteiger partial charge in [-0.2, -0.15) is 0 Å². The van der Waals surface area contributed by atoms with Crippen molar-refractivity contribution in [3.63, 3.8) is 0 Å². The van der Waals surface area contributed by atoms with E-state index in [0.29, 0.717) is 42.7 Å². The van der Waals surface area contributed by atoms with Gasteiger partial charge in [0.1, 0.15) is 11.6 Å². The number of aromatic nitrogens is 2. The number of benzene rings is 1. The Morgan fingerprint density at radius 2 is 2.26 bits per heavy atom. The standard InChI is InChI=1S/C16H16FN3O3/c1-9-18-19-15(23-9)8-20-7-11(5-16(20)21)12-4-10-2-3-22-14(10)6-13(12)17/h4,6,11H,2-3,5,7-8H2,1H3/t11-/m0/s1. The zero-order valence-corrected chi connectivity index (χ0v) is 12.7. The Hall–Kier alpha value is -2.44. The summed E-state index contributed by atoms with van der Waals surface area (Å²) >= 11 is 0. The smallest absolute Gasteiger partial charge is 0.235 e. The van der Waals surface area contributed by atoms with Crippen LogP contribution < -0.4 is 4.74 Å². The van der Waals surface area contributed by atoms with Crippen molar-refractivity contribution >= 4 is 5.91 Å². The van der Waals surface area contributed by atoms with Gasteiger partial charge in [0.25, 0.3) is 0 Å². The number of halogens is 1. The number of aryl methyl sites for hydroxylation is 1. The minimum atomic E-state index is -0.307. The molecule has 2 aliphatic heterocycles. The molecular formula is C16H16FN3O3. The van der Waals surface area contributed by atoms with Crippen LogP contribution in [0.4, 0.5) is 4.39 Å². The molecule has 4 rings (SSSR count). The van der Waals surface area contributed by atoms with Crippen LogP contribution in [0.3, 0.4) is 0 Å². The third-order valence-electron chi connectivity index (χ3n) is 4.36. The molecule has 0 unspecified atom stereocenters. The zero-order valence-electron chi connectivity index (χ0n) is 12.7. The third kappa shape index (κ3) is 2.56. The number of carbonyl (C=O) groups is 1. The molecule has 1 saturated heterocycles. The summed E-state index contributed by atoms with van der Waals surface area (Å²) in [7, 11) is 0. The monoisotopic (exact) mass is 317 g/mol. The lowest BCUT2D eigenvalue weighted by Gasteiger charge is -2.15. The van der Waals surface area contributed by atoms with Crippen molar-refractivity contribution in [3.8, 4) is 5.75 Å². The van der Waals surface area contributed by atoms with Gasteiger partial charge in [0, 0.05) is 38.3 Å². The lowest BCUT2D eigenvalue weighted by Crippen LogP contribution is -2.24. The average Bonchev–Trinajstić information content (AvgIpc) is 3.20. The van der Waals surface area contributed by atoms with Crippen molar-refractivity contribution in [2.45, 2.75) is 32.2 Å². The number of likely N-dealkylation sites (tertiary alicyclic amines) is 1. The van der Waals surface area contributed by atoms with E-state index in [1.54, 1.807) is 11.8 Å². The highest BCUT2D eigenvalue weighted by Gasteiger charge is 2.34. The van der Waals surface area contributed by atoms with Gasteiger partial charge in [-0.05, 0) is 17.2 Å². The Bertz CT molecular complexity index is 774. The molecular weight excluding hydrogens is 301 g/mol. The summed E-state index contributed by atoms with van der Waals surface area (Å²) in [6.45, 7) is 3.01. The molecule has 1 aromatic carbocycles. The zero-order chi connectivity index (χ0) is 16.0. The van der Waals surface area contributed by atoms with E-state index in [4.69, 9.17) is 9.15 Å². The summed E-state index contributed by atoms with van der Waals surface area (Å²) in [5, 5.41) is 7.66. The fourth-order valence-corrected chi connectivity index (χ4v) is 3.23. The van der Waals surface area contributed by atoms with Crippen LogP contribution in [0.15, 0.2) is 16.5 Å². The maximum absolute atomic E-state index is 14.3. The number of hydrogen-bond acceptors (Lipinski definition) is 5. The fraction of sp³-hybridized carbons (Fsp3) is 0.438. The van der Waals surface area contributed by atoms with Crippen LogP contribution in [0, 0.1) is 12.7 Å². The van der Waals surface area contributed by atoms with E-state index >= 15 is 0 Å². The predicted octanol–water partition coefficient (Wildman–Crippen LogP) is 1.97. The van der Waals surface area contributed by atoms with Gasteiger partial charge in [-0.3, -0.25) is 4.79 Å². The van der Waals surface area contributed by atoms with Crippen molar-refractivity contribution in [2.24, 2.45) is 0 Å². The molecule has 3 heterocycles. The Labute approximate surface area is 132 Å². The molecule has 0 N–H and O–H groups in total. The molecule has 0 saturated carbocycles. The Balaban J connectivity index is 1.54. The molecule has 1 amide bonds. The molecule has 120 valence electrons. The highest BCUT2D eigenvalue weighted by atomic mass is 19.1. The molecule has 2 aromatic rings. The first-order chi connectivity index (χ1) is 11.1. The summed E-state index contributed by atoms with van der Waals surface area (Å²) in [5.41, 5.74) is 1.60. The van der Waals surface area contributed by atoms with Crippen molar-refractivity contribution in [1.82, 2.24) is 15.1 Å². The second-order valence-electron chi connectivity index (χ2n) is 5.97. The van der Waals surface area contributed by atoms with Crippen molar-refractivity contribution in [3.05, 3.63) is 40.9 Å². The molecule has 7 heteroatoms. The van der Waals surface area contributed by atoms with Crippen LogP contribution in [-0.4, -0.2) is 34.2 Å². The second-order valence-corrected chi connectivity index (χ2v) is 5.97. The lowest BCUT2D eigenvalue weighted by atomic mass is 9.95. The fourth-order valence-electron chi connectivity index (χ4n) is 3.23. The minimum Gasteiger partial charge on any atom is -0.493 e. The Morgan fingerprint density at radius 3 is 3.04 bits per heavy atom. The molecule has 1 atom stereocenters. The van der Waals surface area contributed by atoms with Crippen LogP contribution in [0.1, 0.15) is 35.2 Å². The molecule has 23 heavy (non-hydrogen) atoms. The molecule has 0 bridgehead atoms. The summed E-state index contributed by atoms with van der Waals surface area (Å²) in [6.07, 6.45) is 1.08. The van der Waals surface area contributed by atoms with Gasteiger partial charge in [-0.25, -0.2) is 4.39 Å². The number of nitrogens with zero attached hydrogens (tertiary/aromatic N) is 3. The number of carbonyl (C=O) groups excluding carboxylic acids is 1. The van der Waals surface area contributed by atoms with E-state index in [1.165, 1.54) is 6.07 Å². The van der Waals surface area contributed by atoms with E-state index in [9.17, 15) is 9.18 Å². The van der Waals surface area contributed by atoms with Crippen molar-refractivity contribution in [2.75, 3.05) is 13.2 Å². The topological polar surface area (TPSA) is 68.5 Å². The van der Waals surface area contributed by atoms with E-state index < -0.39 is 0 Å². The third-order valence-corrected chi connectivity index (χ3v) is 4.36. The number of ether oxygens (including phenoxy) is 1. The maximum atomic E-state index is 14.3. The highest BCUT2D eigenvalue weighted by Crippen LogP contribution is 2.35. The quantitative estimate of drug-likeness (QED) is 0.866. The lowest BCUT2D eigenvalue weighted by molar-refractivity contribution is -0.128. The first-order valence-corrected chi connectivity index (χ1v) is 7.62. The molecule has 2 aliphatic rings. The maximum Gasteiger partial charge on any atom is 0.235 e. The molecule has 0 aliphatic carbocycles. The van der Waals surface area contributed by atoms with E-state index in [1.807, 2.05) is 6.07 Å². The van der Waals surface area contributed by atoms with Crippen LogP contribution >= 0.6 is 0 Å². The first kappa shape index (κ1) is 14.2. The summed E-state index contributed by atoms with van der Waals surface area (Å²) in [5.74, 6) is 0.999. The normalized spacial score (nSPS) is 20.0. The average molecular weight is 317 g/mol. The predicted molar refractivity (Wildman–Crippen MR) is 77.4 cm³/mol. The molecule has 1 aromatic heterocycles. The van der Waals surface area contributed by atoms with Crippen LogP contribution in [0.25, 0.3) is 0 Å².